The van der Waals surface area contributed by atoms with Gasteiger partial charge in [-0.1, -0.05) is 17.2 Å². The lowest BCUT2D eigenvalue weighted by atomic mass is 10.1. The highest BCUT2D eigenvalue weighted by molar-refractivity contribution is 7.94. The summed E-state index contributed by atoms with van der Waals surface area (Å²) >= 11 is 6.62. The van der Waals surface area contributed by atoms with Crippen molar-refractivity contribution in [2.45, 2.75) is 23.6 Å². The third-order valence-corrected chi connectivity index (χ3v) is 7.19. The number of nitrogens with one attached hydrogen (secondary N) is 1. The summed E-state index contributed by atoms with van der Waals surface area (Å²) in [5.41, 5.74) is 0.263. The summed E-state index contributed by atoms with van der Waals surface area (Å²) in [6.45, 7) is 5.28. The van der Waals surface area contributed by atoms with Gasteiger partial charge in [0, 0.05) is 24.2 Å². The van der Waals surface area contributed by atoms with Gasteiger partial charge in [0.25, 0.3) is 10.1 Å². The summed E-state index contributed by atoms with van der Waals surface area (Å²) in [6, 6.07) is 11.9. The van der Waals surface area contributed by atoms with Crippen LogP contribution in [0.2, 0.25) is 5.28 Å². The van der Waals surface area contributed by atoms with Gasteiger partial charge >= 0.3 is 0 Å². The van der Waals surface area contributed by atoms with E-state index in [-0.39, 0.29) is 33.3 Å². The Morgan fingerprint density at radius 3 is 2.52 bits per heavy atom. The Morgan fingerprint density at radius 1 is 1.07 bits per heavy atom. The second-order valence-corrected chi connectivity index (χ2v) is 10.4. The van der Waals surface area contributed by atoms with Crippen LogP contribution in [-0.2, 0) is 19.5 Å². The summed E-state index contributed by atoms with van der Waals surface area (Å²) in [4.78, 5) is 14.3. The largest absolute Gasteiger partial charge is 0.505 e. The highest BCUT2D eigenvalue weighted by Crippen LogP contribution is 2.45. The summed E-state index contributed by atoms with van der Waals surface area (Å²) < 4.78 is 37.4. The van der Waals surface area contributed by atoms with Crippen LogP contribution >= 0.6 is 23.6 Å². The highest BCUT2D eigenvalue weighted by atomic mass is 35.5. The second kappa shape index (κ2) is 12.7. The first-order valence-electron chi connectivity index (χ1n) is 11.5. The molecule has 0 aliphatic carbocycles. The summed E-state index contributed by atoms with van der Waals surface area (Å²) in [7, 11) is -4.58. The molecule has 17 heteroatoms. The average Bonchev–Trinajstić information content (AvgIpc) is 2.91. The molecule has 3 aromatic carbocycles. The van der Waals surface area contributed by atoms with Crippen LogP contribution in [-0.4, -0.2) is 51.4 Å². The number of phenols is 1. The number of fused-ring (bicyclic) bond motifs is 1. The highest BCUT2D eigenvalue weighted by Gasteiger charge is 2.18. The van der Waals surface area contributed by atoms with Crippen molar-refractivity contribution in [1.29, 1.82) is 0 Å². The lowest BCUT2D eigenvalue weighted by Crippen LogP contribution is -2.24. The van der Waals surface area contributed by atoms with Crippen LogP contribution in [0.5, 0.6) is 5.75 Å². The molecule has 210 valence electrons. The number of hydrogen-bond donors (Lipinski definition) is 4. The predicted octanol–water partition coefficient (Wildman–Crippen LogP) is 6.06. The molecule has 0 unspecified atom stereocenters. The van der Waals surface area contributed by atoms with Crippen LogP contribution in [0.1, 0.15) is 13.8 Å². The molecule has 4 aromatic rings. The van der Waals surface area contributed by atoms with Crippen molar-refractivity contribution in [3.8, 4) is 5.75 Å². The second-order valence-electron chi connectivity index (χ2n) is 7.90. The van der Waals surface area contributed by atoms with Crippen molar-refractivity contribution < 1.29 is 32.7 Å². The molecule has 4 N–H and O–H groups in total. The molecule has 0 spiro atoms. The van der Waals surface area contributed by atoms with Gasteiger partial charge in [-0.3, -0.25) is 4.55 Å². The molecule has 0 bridgehead atoms. The van der Waals surface area contributed by atoms with Gasteiger partial charge in [-0.25, -0.2) is 5.26 Å². The Kier molecular flexibility index (Phi) is 9.31. The molecule has 40 heavy (non-hydrogen) atoms. The fraction of sp³-hybridized carbons (Fsp3) is 0.174. The van der Waals surface area contributed by atoms with Crippen LogP contribution in [0.3, 0.4) is 0 Å². The number of benzene rings is 3. The molecule has 0 radical (unpaired) electrons. The van der Waals surface area contributed by atoms with Crippen molar-refractivity contribution in [2.24, 2.45) is 10.2 Å². The average molecular weight is 608 g/mol. The normalized spacial score (nSPS) is 11.8. The third kappa shape index (κ3) is 6.73. The zero-order valence-corrected chi connectivity index (χ0v) is 23.3. The van der Waals surface area contributed by atoms with E-state index in [1.165, 1.54) is 18.2 Å². The Morgan fingerprint density at radius 2 is 1.82 bits per heavy atom. The molecule has 0 saturated heterocycles. The summed E-state index contributed by atoms with van der Waals surface area (Å²) in [5.74, 6) is 0.296. The topological polar surface area (TPSA) is 192 Å². The Hall–Kier alpha value is -3.64. The number of aromatic hydroxyl groups is 1. The Labute approximate surface area is 237 Å². The van der Waals surface area contributed by atoms with Crippen molar-refractivity contribution in [2.75, 3.05) is 23.3 Å². The molecular weight excluding hydrogens is 586 g/mol. The number of phenolic OH excluding ortho intramolecular Hbond substituents is 1. The van der Waals surface area contributed by atoms with Crippen LogP contribution in [0.4, 0.5) is 29.0 Å². The van der Waals surface area contributed by atoms with E-state index in [1.54, 1.807) is 24.3 Å². The number of rotatable bonds is 11. The van der Waals surface area contributed by atoms with E-state index < -0.39 is 15.0 Å². The number of hydrogen-bond acceptors (Lipinski definition) is 14. The first kappa shape index (κ1) is 29.3. The van der Waals surface area contributed by atoms with Gasteiger partial charge in [-0.15, -0.1) is 14.6 Å². The minimum atomic E-state index is -4.58. The molecule has 4 rings (SSSR count). The standard InChI is InChI=1S/C23H22ClN7O7S2/c1-3-31(4-2)23-27-21(24)26-22(28-23)25-14-9-10-15-13(11-14)12-17(39-38-37-33)19(20(15)32)30-29-16-7-5-6-8-18(16)40(34,35)36/h5-12,32-33H,3-4H2,1-2H3,(H,34,35,36)(H,25,26,27,28). The third-order valence-electron chi connectivity index (χ3n) is 5.50. The van der Waals surface area contributed by atoms with E-state index in [1.807, 2.05) is 18.7 Å². The van der Waals surface area contributed by atoms with Crippen molar-refractivity contribution in [3.63, 3.8) is 0 Å². The van der Waals surface area contributed by atoms with E-state index in [4.69, 9.17) is 16.9 Å². The smallest absolute Gasteiger partial charge is 0.296 e. The summed E-state index contributed by atoms with van der Waals surface area (Å²) in [5, 5.41) is 35.2. The Balaban J connectivity index is 1.74. The maximum Gasteiger partial charge on any atom is 0.296 e. The van der Waals surface area contributed by atoms with Gasteiger partial charge in [0.15, 0.2) is 5.75 Å². The van der Waals surface area contributed by atoms with E-state index in [2.05, 4.69) is 39.9 Å². The maximum absolute atomic E-state index is 11.7. The quantitative estimate of drug-likeness (QED) is 0.0505. The van der Waals surface area contributed by atoms with E-state index >= 15 is 0 Å². The molecule has 1 heterocycles. The van der Waals surface area contributed by atoms with Gasteiger partial charge < -0.3 is 15.3 Å². The van der Waals surface area contributed by atoms with Gasteiger partial charge in [0.05, 0.1) is 16.9 Å². The molecule has 0 saturated carbocycles. The van der Waals surface area contributed by atoms with Gasteiger partial charge in [-0.05, 0) is 67.2 Å². The molecule has 1 aromatic heterocycles. The molecule has 0 aliphatic heterocycles. The number of anilines is 3. The lowest BCUT2D eigenvalue weighted by molar-refractivity contribution is -0.432. The zero-order chi connectivity index (χ0) is 28.9. The molecule has 0 amide bonds. The first-order valence-corrected chi connectivity index (χ1v) is 14.1. The van der Waals surface area contributed by atoms with Gasteiger partial charge in [0.2, 0.25) is 17.2 Å². The van der Waals surface area contributed by atoms with Crippen LogP contribution < -0.4 is 10.2 Å². The van der Waals surface area contributed by atoms with Crippen LogP contribution in [0.15, 0.2) is 68.6 Å². The zero-order valence-electron chi connectivity index (χ0n) is 20.9. The summed E-state index contributed by atoms with van der Waals surface area (Å²) in [6.07, 6.45) is 0. The predicted molar refractivity (Wildman–Crippen MR) is 148 cm³/mol. The fourth-order valence-corrected chi connectivity index (χ4v) is 4.95. The molecule has 14 nitrogen and oxygen atoms in total. The SMILES string of the molecule is CCN(CC)c1nc(Cl)nc(Nc2ccc3c(O)c(N=Nc4ccccc4S(=O)(=O)O)c(SOOO)cc3c2)n1. The van der Waals surface area contributed by atoms with Gasteiger partial charge in [0.1, 0.15) is 16.3 Å². The molecule has 0 fully saturated rings. The lowest BCUT2D eigenvalue weighted by Gasteiger charge is -2.19. The number of aromatic nitrogens is 3. The van der Waals surface area contributed by atoms with Crippen molar-refractivity contribution >= 4 is 73.5 Å². The number of halogens is 1. The maximum atomic E-state index is 11.7. The van der Waals surface area contributed by atoms with Crippen LogP contribution in [0, 0.1) is 0 Å². The Bertz CT molecular complexity index is 1670. The van der Waals surface area contributed by atoms with Crippen molar-refractivity contribution in [1.82, 2.24) is 15.0 Å². The first-order chi connectivity index (χ1) is 19.1. The molecule has 0 aliphatic rings. The number of azo groups is 1. The minimum Gasteiger partial charge on any atom is -0.505 e. The van der Waals surface area contributed by atoms with Crippen LogP contribution in [0.25, 0.3) is 10.8 Å². The molecule has 0 atom stereocenters. The van der Waals surface area contributed by atoms with Gasteiger partial charge in [-0.2, -0.15) is 23.4 Å². The fourth-order valence-electron chi connectivity index (χ4n) is 3.68. The van der Waals surface area contributed by atoms with Crippen molar-refractivity contribution in [3.05, 3.63) is 53.8 Å². The van der Waals surface area contributed by atoms with E-state index in [0.29, 0.717) is 47.5 Å². The van der Waals surface area contributed by atoms with E-state index in [9.17, 15) is 18.1 Å². The number of nitrogens with zero attached hydrogens (tertiary/aromatic N) is 6. The minimum absolute atomic E-state index is 0.0169. The molecular formula is C23H22ClN7O7S2. The monoisotopic (exact) mass is 607 g/mol. The van der Waals surface area contributed by atoms with E-state index in [0.717, 1.165) is 6.07 Å².